The van der Waals surface area contributed by atoms with Crippen LogP contribution in [-0.2, 0) is 23.9 Å². The number of carbonyl (C=O) groups is 3. The predicted molar refractivity (Wildman–Crippen MR) is 95.6 cm³/mol. The number of nitrogens with one attached hydrogen (secondary N) is 2. The SMILES string of the molecule is COCC1(CNC(=O)CCN2C(=O)C3C4CCC(O4)C3C2=O)CCNCC1. The standard InChI is InChI=1S/C19H29N3O5/c1-26-11-19(5-7-20-8-6-19)10-21-14(23)4-9-22-17(24)15-12-2-3-13(27-12)16(15)18(22)25/h12-13,15-16,20H,2-11H2,1H3,(H,21,23). The van der Waals surface area contributed by atoms with Crippen molar-refractivity contribution in [2.75, 3.05) is 39.9 Å². The second-order valence-corrected chi connectivity index (χ2v) is 8.38. The number of fused-ring (bicyclic) bond motifs is 5. The van der Waals surface area contributed by atoms with Crippen LogP contribution in [-0.4, -0.2) is 74.7 Å². The fourth-order valence-corrected chi connectivity index (χ4v) is 5.22. The highest BCUT2D eigenvalue weighted by Gasteiger charge is 2.62. The molecule has 0 spiro atoms. The van der Waals surface area contributed by atoms with Crippen molar-refractivity contribution in [3.8, 4) is 0 Å². The molecule has 4 aliphatic heterocycles. The molecule has 150 valence electrons. The van der Waals surface area contributed by atoms with Gasteiger partial charge in [-0.05, 0) is 38.8 Å². The van der Waals surface area contributed by atoms with Gasteiger partial charge in [0.25, 0.3) is 0 Å². The van der Waals surface area contributed by atoms with Gasteiger partial charge in [-0.2, -0.15) is 0 Å². The predicted octanol–water partition coefficient (Wildman–Crippen LogP) is -0.329. The first-order valence-electron chi connectivity index (χ1n) is 10.0. The largest absolute Gasteiger partial charge is 0.384 e. The quantitative estimate of drug-likeness (QED) is 0.588. The second kappa shape index (κ2) is 7.48. The number of rotatable bonds is 7. The van der Waals surface area contributed by atoms with Gasteiger partial charge >= 0.3 is 0 Å². The zero-order valence-electron chi connectivity index (χ0n) is 15.9. The molecular weight excluding hydrogens is 350 g/mol. The Hall–Kier alpha value is -1.51. The third-order valence-electron chi connectivity index (χ3n) is 6.71. The molecule has 0 aromatic heterocycles. The van der Waals surface area contributed by atoms with E-state index in [1.807, 2.05) is 0 Å². The number of hydrogen-bond donors (Lipinski definition) is 2. The van der Waals surface area contributed by atoms with E-state index in [-0.39, 0.29) is 60.1 Å². The Morgan fingerprint density at radius 3 is 2.44 bits per heavy atom. The van der Waals surface area contributed by atoms with Gasteiger partial charge < -0.3 is 20.1 Å². The van der Waals surface area contributed by atoms with E-state index in [2.05, 4.69) is 10.6 Å². The maximum Gasteiger partial charge on any atom is 0.235 e. The Morgan fingerprint density at radius 2 is 1.85 bits per heavy atom. The summed E-state index contributed by atoms with van der Waals surface area (Å²) in [6, 6.07) is 0. The van der Waals surface area contributed by atoms with Crippen LogP contribution in [0.1, 0.15) is 32.1 Å². The zero-order chi connectivity index (χ0) is 19.0. The first-order chi connectivity index (χ1) is 13.0. The smallest absolute Gasteiger partial charge is 0.235 e. The molecule has 2 bridgehead atoms. The van der Waals surface area contributed by atoms with Crippen molar-refractivity contribution in [1.82, 2.24) is 15.5 Å². The van der Waals surface area contributed by atoms with Gasteiger partial charge in [0.05, 0.1) is 30.7 Å². The summed E-state index contributed by atoms with van der Waals surface area (Å²) in [5, 5.41) is 6.32. The van der Waals surface area contributed by atoms with E-state index < -0.39 is 0 Å². The monoisotopic (exact) mass is 379 g/mol. The molecule has 4 rings (SSSR count). The number of carbonyl (C=O) groups excluding carboxylic acids is 3. The summed E-state index contributed by atoms with van der Waals surface area (Å²) in [6.07, 6.45) is 3.56. The fourth-order valence-electron chi connectivity index (χ4n) is 5.22. The summed E-state index contributed by atoms with van der Waals surface area (Å²) in [6.45, 7) is 3.18. The number of nitrogens with zero attached hydrogens (tertiary/aromatic N) is 1. The average molecular weight is 379 g/mol. The lowest BCUT2D eigenvalue weighted by molar-refractivity contribution is -0.142. The highest BCUT2D eigenvalue weighted by atomic mass is 16.5. The number of imide groups is 1. The molecule has 2 N–H and O–H groups in total. The minimum atomic E-state index is -0.320. The molecule has 27 heavy (non-hydrogen) atoms. The Balaban J connectivity index is 1.28. The maximum atomic E-state index is 12.6. The third kappa shape index (κ3) is 3.39. The first kappa shape index (κ1) is 18.8. The lowest BCUT2D eigenvalue weighted by atomic mass is 9.79. The zero-order valence-corrected chi connectivity index (χ0v) is 15.9. The van der Waals surface area contributed by atoms with E-state index in [1.54, 1.807) is 7.11 Å². The van der Waals surface area contributed by atoms with Crippen LogP contribution in [0.15, 0.2) is 0 Å². The minimum Gasteiger partial charge on any atom is -0.384 e. The van der Waals surface area contributed by atoms with E-state index in [0.29, 0.717) is 13.2 Å². The van der Waals surface area contributed by atoms with E-state index in [1.165, 1.54) is 4.90 Å². The number of methoxy groups -OCH3 is 1. The molecular formula is C19H29N3O5. The molecule has 0 saturated carbocycles. The summed E-state index contributed by atoms with van der Waals surface area (Å²) in [7, 11) is 1.68. The molecule has 0 aromatic carbocycles. The normalized spacial score (nSPS) is 34.2. The molecule has 0 radical (unpaired) electrons. The van der Waals surface area contributed by atoms with Gasteiger partial charge in [0.2, 0.25) is 17.7 Å². The Morgan fingerprint density at radius 1 is 1.22 bits per heavy atom. The molecule has 4 heterocycles. The van der Waals surface area contributed by atoms with Gasteiger partial charge in [-0.1, -0.05) is 0 Å². The van der Waals surface area contributed by atoms with Gasteiger partial charge in [0.1, 0.15) is 0 Å². The second-order valence-electron chi connectivity index (χ2n) is 8.38. The molecule has 4 fully saturated rings. The van der Waals surface area contributed by atoms with Crippen molar-refractivity contribution in [1.29, 1.82) is 0 Å². The summed E-state index contributed by atoms with van der Waals surface area (Å²) in [5.41, 5.74) is -0.0392. The fraction of sp³-hybridized carbons (Fsp3) is 0.842. The maximum absolute atomic E-state index is 12.6. The average Bonchev–Trinajstić information content (AvgIpc) is 3.34. The van der Waals surface area contributed by atoms with E-state index in [4.69, 9.17) is 9.47 Å². The number of piperidine rings is 1. The molecule has 0 aromatic rings. The summed E-state index contributed by atoms with van der Waals surface area (Å²) in [4.78, 5) is 38.9. The van der Waals surface area contributed by atoms with Crippen molar-refractivity contribution in [3.05, 3.63) is 0 Å². The topological polar surface area (TPSA) is 97.0 Å². The van der Waals surface area contributed by atoms with Crippen molar-refractivity contribution in [2.24, 2.45) is 17.3 Å². The van der Waals surface area contributed by atoms with Crippen LogP contribution >= 0.6 is 0 Å². The van der Waals surface area contributed by atoms with Gasteiger partial charge in [-0.15, -0.1) is 0 Å². The Kier molecular flexibility index (Phi) is 5.22. The molecule has 8 nitrogen and oxygen atoms in total. The van der Waals surface area contributed by atoms with Gasteiger partial charge in [0, 0.05) is 32.0 Å². The molecule has 0 aliphatic carbocycles. The van der Waals surface area contributed by atoms with Crippen LogP contribution in [0.5, 0.6) is 0 Å². The van der Waals surface area contributed by atoms with E-state index >= 15 is 0 Å². The molecule has 8 heteroatoms. The Labute approximate surface area is 159 Å². The van der Waals surface area contributed by atoms with Crippen LogP contribution in [0.3, 0.4) is 0 Å². The number of likely N-dealkylation sites (tertiary alicyclic amines) is 1. The number of amides is 3. The van der Waals surface area contributed by atoms with Crippen molar-refractivity contribution in [3.63, 3.8) is 0 Å². The van der Waals surface area contributed by atoms with Crippen LogP contribution < -0.4 is 10.6 Å². The minimum absolute atomic E-state index is 0.0392. The lowest BCUT2D eigenvalue weighted by Gasteiger charge is -2.37. The van der Waals surface area contributed by atoms with Crippen LogP contribution in [0, 0.1) is 17.3 Å². The molecule has 4 atom stereocenters. The van der Waals surface area contributed by atoms with Crippen molar-refractivity contribution < 1.29 is 23.9 Å². The third-order valence-corrected chi connectivity index (χ3v) is 6.71. The first-order valence-corrected chi connectivity index (χ1v) is 10.0. The summed E-state index contributed by atoms with van der Waals surface area (Å²) < 4.78 is 11.1. The number of ether oxygens (including phenoxy) is 2. The lowest BCUT2D eigenvalue weighted by Crippen LogP contribution is -2.47. The summed E-state index contributed by atoms with van der Waals surface area (Å²) in [5.74, 6) is -1.07. The Bertz CT molecular complexity index is 585. The molecule has 4 aliphatic rings. The molecule has 4 saturated heterocycles. The van der Waals surface area contributed by atoms with Gasteiger partial charge in [0.15, 0.2) is 0 Å². The van der Waals surface area contributed by atoms with Crippen LogP contribution in [0.2, 0.25) is 0 Å². The highest BCUT2D eigenvalue weighted by Crippen LogP contribution is 2.48. The van der Waals surface area contributed by atoms with E-state index in [0.717, 1.165) is 38.8 Å². The highest BCUT2D eigenvalue weighted by molar-refractivity contribution is 6.06. The van der Waals surface area contributed by atoms with E-state index in [9.17, 15) is 14.4 Å². The van der Waals surface area contributed by atoms with Gasteiger partial charge in [-0.25, -0.2) is 0 Å². The van der Waals surface area contributed by atoms with Gasteiger partial charge in [-0.3, -0.25) is 19.3 Å². The number of hydrogen-bond acceptors (Lipinski definition) is 6. The molecule has 4 unspecified atom stereocenters. The van der Waals surface area contributed by atoms with Crippen molar-refractivity contribution >= 4 is 17.7 Å². The van der Waals surface area contributed by atoms with Crippen LogP contribution in [0.25, 0.3) is 0 Å². The van der Waals surface area contributed by atoms with Crippen LogP contribution in [0.4, 0.5) is 0 Å². The van der Waals surface area contributed by atoms with Crippen molar-refractivity contribution in [2.45, 2.75) is 44.3 Å². The molecule has 3 amide bonds. The summed E-state index contributed by atoms with van der Waals surface area (Å²) >= 11 is 0.